The van der Waals surface area contributed by atoms with E-state index in [4.69, 9.17) is 5.73 Å². The van der Waals surface area contributed by atoms with Gasteiger partial charge in [0.15, 0.2) is 0 Å². The Balaban J connectivity index is 3.07. The third kappa shape index (κ3) is 2.08. The van der Waals surface area contributed by atoms with Crippen molar-refractivity contribution in [2.75, 3.05) is 0 Å². The molecule has 0 aliphatic carbocycles. The molecule has 1 atom stereocenters. The van der Waals surface area contributed by atoms with Crippen molar-refractivity contribution in [3.8, 4) is 0 Å². The molecule has 1 aromatic heterocycles. The van der Waals surface area contributed by atoms with Crippen LogP contribution in [0.2, 0.25) is 0 Å². The third-order valence-electron chi connectivity index (χ3n) is 1.84. The fraction of sp³-hybridized carbons (Fsp3) is 0.500. The monoisotopic (exact) mass is 269 g/mol. The van der Waals surface area contributed by atoms with Crippen LogP contribution in [-0.2, 0) is 5.54 Å². The predicted octanol–water partition coefficient (Wildman–Crippen LogP) is 3.26. The summed E-state index contributed by atoms with van der Waals surface area (Å²) in [5, 5.41) is 0. The van der Waals surface area contributed by atoms with Crippen molar-refractivity contribution in [2.24, 2.45) is 5.73 Å². The van der Waals surface area contributed by atoms with Gasteiger partial charge in [0.2, 0.25) is 0 Å². The fourth-order valence-electron chi connectivity index (χ4n) is 0.833. The van der Waals surface area contributed by atoms with Gasteiger partial charge in [-0.3, -0.25) is 0 Å². The predicted molar refractivity (Wildman–Crippen MR) is 54.3 cm³/mol. The van der Waals surface area contributed by atoms with Gasteiger partial charge in [-0.1, -0.05) is 0 Å². The van der Waals surface area contributed by atoms with Gasteiger partial charge in [0.05, 0.1) is 0 Å². The summed E-state index contributed by atoms with van der Waals surface area (Å²) in [4.78, 5) is 1.47. The van der Waals surface area contributed by atoms with Crippen molar-refractivity contribution in [1.29, 1.82) is 0 Å². The van der Waals surface area contributed by atoms with E-state index in [2.05, 4.69) is 15.9 Å². The Morgan fingerprint density at radius 3 is 2.46 bits per heavy atom. The lowest BCUT2D eigenvalue weighted by molar-refractivity contribution is 0.0644. The van der Waals surface area contributed by atoms with Crippen LogP contribution in [0.4, 0.5) is 8.78 Å². The average Bonchev–Trinajstić information content (AvgIpc) is 2.32. The molecule has 0 aromatic carbocycles. The lowest BCUT2D eigenvalue weighted by atomic mass is 10.0. The van der Waals surface area contributed by atoms with Crippen molar-refractivity contribution in [1.82, 2.24) is 0 Å². The number of rotatable bonds is 2. The lowest BCUT2D eigenvalue weighted by Crippen LogP contribution is -2.39. The molecule has 2 N–H and O–H groups in total. The molecule has 0 amide bonds. The highest BCUT2D eigenvalue weighted by atomic mass is 79.9. The Morgan fingerprint density at radius 1 is 1.62 bits per heavy atom. The van der Waals surface area contributed by atoms with Gasteiger partial charge in [-0.25, -0.2) is 8.78 Å². The molecule has 0 saturated heterocycles. The topological polar surface area (TPSA) is 26.0 Å². The Morgan fingerprint density at radius 2 is 2.15 bits per heavy atom. The van der Waals surface area contributed by atoms with Gasteiger partial charge in [-0.15, -0.1) is 11.3 Å². The van der Waals surface area contributed by atoms with Crippen LogP contribution in [0.3, 0.4) is 0 Å². The minimum atomic E-state index is -2.54. The first kappa shape index (κ1) is 11.1. The number of hydrogen-bond acceptors (Lipinski definition) is 2. The van der Waals surface area contributed by atoms with Crippen molar-refractivity contribution >= 4 is 27.3 Å². The maximum atomic E-state index is 12.5. The number of halogens is 3. The molecule has 0 aliphatic rings. The standard InChI is InChI=1S/C8H10BrF2NS/c1-4-5(9)3-6(13-4)8(2,12)7(10)11/h3,7H,12H2,1-2H3. The molecule has 1 unspecified atom stereocenters. The van der Waals surface area contributed by atoms with Crippen LogP contribution in [0.25, 0.3) is 0 Å². The van der Waals surface area contributed by atoms with Crippen LogP contribution >= 0.6 is 27.3 Å². The summed E-state index contributed by atoms with van der Waals surface area (Å²) in [6, 6.07) is 1.66. The molecule has 13 heavy (non-hydrogen) atoms. The molecule has 0 radical (unpaired) electrons. The second-order valence-electron chi connectivity index (χ2n) is 3.10. The van der Waals surface area contributed by atoms with Gasteiger partial charge in [-0.2, -0.15) is 0 Å². The molecular formula is C8H10BrF2NS. The van der Waals surface area contributed by atoms with Crippen molar-refractivity contribution < 1.29 is 8.78 Å². The largest absolute Gasteiger partial charge is 0.316 e. The number of thiophene rings is 1. The van der Waals surface area contributed by atoms with E-state index in [0.29, 0.717) is 4.88 Å². The molecule has 0 bridgehead atoms. The molecule has 0 saturated carbocycles. The summed E-state index contributed by atoms with van der Waals surface area (Å²) in [5.74, 6) is 0. The van der Waals surface area contributed by atoms with Gasteiger partial charge in [0, 0.05) is 14.2 Å². The zero-order valence-corrected chi connectivity index (χ0v) is 9.68. The maximum absolute atomic E-state index is 12.5. The van der Waals surface area contributed by atoms with Crippen LogP contribution in [0.15, 0.2) is 10.5 Å². The number of aryl methyl sites for hydroxylation is 1. The molecule has 0 fully saturated rings. The second kappa shape index (κ2) is 3.63. The molecule has 74 valence electrons. The zero-order chi connectivity index (χ0) is 10.2. The van der Waals surface area contributed by atoms with Crippen molar-refractivity contribution in [3.63, 3.8) is 0 Å². The minimum Gasteiger partial charge on any atom is -0.316 e. The number of alkyl halides is 2. The first-order chi connectivity index (χ1) is 5.85. The zero-order valence-electron chi connectivity index (χ0n) is 7.27. The summed E-state index contributed by atoms with van der Waals surface area (Å²) in [7, 11) is 0. The third-order valence-corrected chi connectivity index (χ3v) is 4.23. The SMILES string of the molecule is Cc1sc(C(C)(N)C(F)F)cc1Br. The Labute approximate surface area is 88.1 Å². The lowest BCUT2D eigenvalue weighted by Gasteiger charge is -2.21. The van der Waals surface area contributed by atoms with Gasteiger partial charge in [-0.05, 0) is 35.8 Å². The second-order valence-corrected chi connectivity index (χ2v) is 5.21. The van der Waals surface area contributed by atoms with E-state index in [9.17, 15) is 8.78 Å². The van der Waals surface area contributed by atoms with E-state index >= 15 is 0 Å². The van der Waals surface area contributed by atoms with Gasteiger partial charge in [0.25, 0.3) is 6.43 Å². The highest BCUT2D eigenvalue weighted by molar-refractivity contribution is 9.10. The minimum absolute atomic E-state index is 0.506. The molecule has 1 aromatic rings. The van der Waals surface area contributed by atoms with Crippen molar-refractivity contribution in [2.45, 2.75) is 25.8 Å². The van der Waals surface area contributed by atoms with Crippen molar-refractivity contribution in [3.05, 3.63) is 20.3 Å². The molecule has 1 heterocycles. The fourth-order valence-corrected chi connectivity index (χ4v) is 2.43. The Kier molecular flexibility index (Phi) is 3.09. The summed E-state index contributed by atoms with van der Waals surface area (Å²) in [5.41, 5.74) is 3.96. The quantitative estimate of drug-likeness (QED) is 0.877. The average molecular weight is 270 g/mol. The summed E-state index contributed by atoms with van der Waals surface area (Å²) >= 11 is 4.57. The molecular weight excluding hydrogens is 260 g/mol. The summed E-state index contributed by atoms with van der Waals surface area (Å²) < 4.78 is 25.8. The smallest absolute Gasteiger partial charge is 0.260 e. The van der Waals surface area contributed by atoms with E-state index in [1.807, 2.05) is 6.92 Å². The normalized spacial score (nSPS) is 16.2. The van der Waals surface area contributed by atoms with Gasteiger partial charge >= 0.3 is 0 Å². The molecule has 5 heteroatoms. The Hall–Kier alpha value is -0.0000000000000000555. The van der Waals surface area contributed by atoms with Gasteiger partial charge < -0.3 is 5.73 Å². The van der Waals surface area contributed by atoms with E-state index in [1.54, 1.807) is 6.07 Å². The van der Waals surface area contributed by atoms with E-state index in [0.717, 1.165) is 9.35 Å². The van der Waals surface area contributed by atoms with Crippen LogP contribution in [0.5, 0.6) is 0 Å². The maximum Gasteiger partial charge on any atom is 0.260 e. The van der Waals surface area contributed by atoms with Crippen LogP contribution in [0, 0.1) is 6.92 Å². The molecule has 1 nitrogen and oxygen atoms in total. The highest BCUT2D eigenvalue weighted by Crippen LogP contribution is 2.35. The van der Waals surface area contributed by atoms with Gasteiger partial charge in [0.1, 0.15) is 5.54 Å². The first-order valence-corrected chi connectivity index (χ1v) is 5.30. The van der Waals surface area contributed by atoms with Crippen LogP contribution < -0.4 is 5.73 Å². The van der Waals surface area contributed by atoms with E-state index in [1.165, 1.54) is 18.3 Å². The molecule has 0 aliphatic heterocycles. The molecule has 1 rings (SSSR count). The van der Waals surface area contributed by atoms with E-state index < -0.39 is 12.0 Å². The number of nitrogens with two attached hydrogens (primary N) is 1. The number of hydrogen-bond donors (Lipinski definition) is 1. The highest BCUT2D eigenvalue weighted by Gasteiger charge is 2.34. The Bertz CT molecular complexity index is 290. The van der Waals surface area contributed by atoms with Crippen LogP contribution in [-0.4, -0.2) is 6.43 Å². The van der Waals surface area contributed by atoms with Crippen LogP contribution in [0.1, 0.15) is 16.7 Å². The summed E-state index contributed by atoms with van der Waals surface area (Å²) in [6.45, 7) is 3.20. The first-order valence-electron chi connectivity index (χ1n) is 3.69. The summed E-state index contributed by atoms with van der Waals surface area (Å²) in [6.07, 6.45) is -2.54. The molecule has 0 spiro atoms. The van der Waals surface area contributed by atoms with E-state index in [-0.39, 0.29) is 0 Å².